The third kappa shape index (κ3) is 4.69. The zero-order valence-corrected chi connectivity index (χ0v) is 16.0. The molecule has 160 valence electrons. The predicted molar refractivity (Wildman–Crippen MR) is 102 cm³/mol. The van der Waals surface area contributed by atoms with Crippen molar-refractivity contribution in [3.05, 3.63) is 53.8 Å². The zero-order valence-electron chi connectivity index (χ0n) is 16.0. The minimum absolute atomic E-state index is 0.0532. The maximum Gasteiger partial charge on any atom is 0.387 e. The van der Waals surface area contributed by atoms with E-state index in [4.69, 9.17) is 0 Å². The quantitative estimate of drug-likeness (QED) is 0.634. The van der Waals surface area contributed by atoms with E-state index in [0.717, 1.165) is 30.1 Å². The molecule has 1 atom stereocenters. The number of hydrazone groups is 1. The van der Waals surface area contributed by atoms with E-state index in [0.29, 0.717) is 11.4 Å². The van der Waals surface area contributed by atoms with Gasteiger partial charge in [-0.05, 0) is 31.2 Å². The van der Waals surface area contributed by atoms with Crippen LogP contribution in [0.15, 0.2) is 47.6 Å². The lowest BCUT2D eigenvalue weighted by Gasteiger charge is -2.17. The Labute approximate surface area is 169 Å². The molecule has 0 saturated carbocycles. The number of benzene rings is 2. The molecule has 1 heterocycles. The van der Waals surface area contributed by atoms with Gasteiger partial charge in [0.1, 0.15) is 11.4 Å². The summed E-state index contributed by atoms with van der Waals surface area (Å²) in [6, 6.07) is 8.59. The molecular formula is C20H18F5N3O2. The van der Waals surface area contributed by atoms with E-state index < -0.39 is 30.2 Å². The van der Waals surface area contributed by atoms with E-state index in [-0.39, 0.29) is 23.5 Å². The number of nitrogens with zero attached hydrogens (tertiary/aromatic N) is 2. The van der Waals surface area contributed by atoms with Crippen LogP contribution in [0.4, 0.5) is 33.3 Å². The van der Waals surface area contributed by atoms with E-state index >= 15 is 0 Å². The highest BCUT2D eigenvalue weighted by Crippen LogP contribution is 2.31. The third-order valence-corrected chi connectivity index (χ3v) is 4.52. The van der Waals surface area contributed by atoms with Gasteiger partial charge in [0, 0.05) is 30.8 Å². The Morgan fingerprint density at radius 2 is 1.97 bits per heavy atom. The van der Waals surface area contributed by atoms with E-state index in [1.54, 1.807) is 13.0 Å². The number of alkyl halides is 4. The highest BCUT2D eigenvalue weighted by molar-refractivity contribution is 6.15. The lowest BCUT2D eigenvalue weighted by molar-refractivity contribution is -0.119. The molecule has 30 heavy (non-hydrogen) atoms. The molecular weight excluding hydrogens is 409 g/mol. The van der Waals surface area contributed by atoms with E-state index in [2.05, 4.69) is 15.2 Å². The van der Waals surface area contributed by atoms with Gasteiger partial charge in [-0.1, -0.05) is 12.1 Å². The Kier molecular flexibility index (Phi) is 5.95. The average molecular weight is 427 g/mol. The molecule has 1 amide bonds. The number of carbonyl (C=O) groups is 1. The standard InChI is InChI=1S/C20H18F5N3O2/c1-11-15(10-26-13-5-3-4-12(8-13)20(2,24)25)18(29)28(27-11)17-7-6-14(9-16(17)21)30-19(22)23/h3-9,15,19,26H,10H2,1-2H3. The summed E-state index contributed by atoms with van der Waals surface area (Å²) in [5, 5.41) is 7.82. The highest BCUT2D eigenvalue weighted by atomic mass is 19.3. The Hall–Kier alpha value is -3.17. The molecule has 0 aromatic heterocycles. The van der Waals surface area contributed by atoms with Crippen molar-refractivity contribution in [1.29, 1.82) is 0 Å². The number of hydrogen-bond donors (Lipinski definition) is 1. The van der Waals surface area contributed by atoms with Crippen LogP contribution in [0, 0.1) is 11.7 Å². The van der Waals surface area contributed by atoms with Crippen LogP contribution in [0.25, 0.3) is 0 Å². The second kappa shape index (κ2) is 8.29. The van der Waals surface area contributed by atoms with Crippen LogP contribution in [-0.2, 0) is 10.7 Å². The van der Waals surface area contributed by atoms with Crippen LogP contribution in [0.3, 0.4) is 0 Å². The molecule has 0 spiro atoms. The maximum atomic E-state index is 14.3. The van der Waals surface area contributed by atoms with E-state index in [9.17, 15) is 26.7 Å². The van der Waals surface area contributed by atoms with Gasteiger partial charge in [0.25, 0.3) is 11.8 Å². The molecule has 1 N–H and O–H groups in total. The largest absolute Gasteiger partial charge is 0.435 e. The molecule has 1 aliphatic heterocycles. The number of nitrogens with one attached hydrogen (secondary N) is 1. The van der Waals surface area contributed by atoms with Gasteiger partial charge in [0.05, 0.1) is 11.6 Å². The molecule has 2 aromatic rings. The molecule has 0 saturated heterocycles. The summed E-state index contributed by atoms with van der Waals surface area (Å²) in [5.41, 5.74) is 0.395. The van der Waals surface area contributed by atoms with Gasteiger partial charge in [0.2, 0.25) is 0 Å². The molecule has 0 bridgehead atoms. The SMILES string of the molecule is CC1=NN(c2ccc(OC(F)F)cc2F)C(=O)C1CNc1cccc(C(C)(F)F)c1. The molecule has 1 unspecified atom stereocenters. The van der Waals surface area contributed by atoms with Gasteiger partial charge in [-0.15, -0.1) is 0 Å². The average Bonchev–Trinajstić information content (AvgIpc) is 2.93. The smallest absolute Gasteiger partial charge is 0.387 e. The van der Waals surface area contributed by atoms with Gasteiger partial charge < -0.3 is 10.1 Å². The monoisotopic (exact) mass is 427 g/mol. The minimum Gasteiger partial charge on any atom is -0.435 e. The van der Waals surface area contributed by atoms with Crippen LogP contribution in [0.5, 0.6) is 5.75 Å². The Morgan fingerprint density at radius 1 is 1.23 bits per heavy atom. The van der Waals surface area contributed by atoms with Crippen LogP contribution >= 0.6 is 0 Å². The third-order valence-electron chi connectivity index (χ3n) is 4.52. The normalized spacial score (nSPS) is 16.8. The Bertz CT molecular complexity index is 975. The molecule has 0 aliphatic carbocycles. The van der Waals surface area contributed by atoms with Crippen LogP contribution in [-0.4, -0.2) is 24.8 Å². The Morgan fingerprint density at radius 3 is 2.60 bits per heavy atom. The van der Waals surface area contributed by atoms with Crippen molar-refractivity contribution in [1.82, 2.24) is 0 Å². The summed E-state index contributed by atoms with van der Waals surface area (Å²) in [6.07, 6.45) is 0. The number of ether oxygens (including phenoxy) is 1. The lowest BCUT2D eigenvalue weighted by atomic mass is 10.0. The maximum absolute atomic E-state index is 14.3. The van der Waals surface area contributed by atoms with Gasteiger partial charge in [-0.3, -0.25) is 4.79 Å². The number of carbonyl (C=O) groups excluding carboxylic acids is 1. The minimum atomic E-state index is -3.11. The summed E-state index contributed by atoms with van der Waals surface area (Å²) in [4.78, 5) is 12.7. The van der Waals surface area contributed by atoms with E-state index in [1.165, 1.54) is 18.2 Å². The molecule has 1 aliphatic rings. The van der Waals surface area contributed by atoms with Crippen molar-refractivity contribution >= 4 is 23.0 Å². The molecule has 0 radical (unpaired) electrons. The Balaban J connectivity index is 1.72. The first-order valence-electron chi connectivity index (χ1n) is 8.92. The van der Waals surface area contributed by atoms with Crippen molar-refractivity contribution in [2.45, 2.75) is 26.4 Å². The first-order valence-corrected chi connectivity index (χ1v) is 8.92. The summed E-state index contributed by atoms with van der Waals surface area (Å²) < 4.78 is 69.9. The second-order valence-electron chi connectivity index (χ2n) is 6.79. The first-order chi connectivity index (χ1) is 14.1. The number of amides is 1. The fourth-order valence-corrected chi connectivity index (χ4v) is 2.97. The summed E-state index contributed by atoms with van der Waals surface area (Å²) in [7, 11) is 0. The van der Waals surface area contributed by atoms with Crippen LogP contribution in [0.2, 0.25) is 0 Å². The van der Waals surface area contributed by atoms with Crippen molar-refractivity contribution in [3.8, 4) is 5.75 Å². The van der Waals surface area contributed by atoms with Crippen LogP contribution < -0.4 is 15.1 Å². The fourth-order valence-electron chi connectivity index (χ4n) is 2.97. The van der Waals surface area contributed by atoms with Crippen molar-refractivity contribution in [3.63, 3.8) is 0 Å². The van der Waals surface area contributed by atoms with E-state index in [1.807, 2.05) is 0 Å². The van der Waals surface area contributed by atoms with Gasteiger partial charge in [-0.2, -0.15) is 18.9 Å². The number of anilines is 2. The van der Waals surface area contributed by atoms with Gasteiger partial charge in [-0.25, -0.2) is 13.2 Å². The zero-order chi connectivity index (χ0) is 22.1. The summed E-state index contributed by atoms with van der Waals surface area (Å²) >= 11 is 0. The van der Waals surface area contributed by atoms with Gasteiger partial charge >= 0.3 is 6.61 Å². The topological polar surface area (TPSA) is 53.9 Å². The molecule has 5 nitrogen and oxygen atoms in total. The fraction of sp³-hybridized carbons (Fsp3) is 0.300. The second-order valence-corrected chi connectivity index (χ2v) is 6.79. The lowest BCUT2D eigenvalue weighted by Crippen LogP contribution is -2.32. The molecule has 10 heteroatoms. The summed E-state index contributed by atoms with van der Waals surface area (Å²) in [6.45, 7) is -0.691. The molecule has 0 fully saturated rings. The van der Waals surface area contributed by atoms with Crippen molar-refractivity contribution < 1.29 is 31.5 Å². The van der Waals surface area contributed by atoms with Crippen LogP contribution in [0.1, 0.15) is 19.4 Å². The van der Waals surface area contributed by atoms with Crippen molar-refractivity contribution in [2.75, 3.05) is 16.9 Å². The summed E-state index contributed by atoms with van der Waals surface area (Å²) in [5.74, 6) is -5.65. The predicted octanol–water partition coefficient (Wildman–Crippen LogP) is 4.99. The van der Waals surface area contributed by atoms with Gasteiger partial charge in [0.15, 0.2) is 5.82 Å². The number of rotatable bonds is 7. The highest BCUT2D eigenvalue weighted by Gasteiger charge is 2.35. The molecule has 3 rings (SSSR count). The number of hydrogen-bond acceptors (Lipinski definition) is 4. The number of halogens is 5. The van der Waals surface area contributed by atoms with Crippen molar-refractivity contribution in [2.24, 2.45) is 11.0 Å². The molecule has 2 aromatic carbocycles. The first kappa shape index (κ1) is 21.5.